The number of rotatable bonds is 21. The van der Waals surface area contributed by atoms with Gasteiger partial charge in [-0.3, -0.25) is 28.8 Å². The van der Waals surface area contributed by atoms with E-state index in [1.807, 2.05) is 30.3 Å². The fraction of sp³-hybridized carbons (Fsp3) is 0.431. The minimum Gasteiger partial charge on any atom is -0.492 e. The molecular formula is C51H64N8O10S. The summed E-state index contributed by atoms with van der Waals surface area (Å²) in [7, 11) is 1.44. The van der Waals surface area contributed by atoms with Crippen LogP contribution in [-0.4, -0.2) is 103 Å². The summed E-state index contributed by atoms with van der Waals surface area (Å²) in [6.07, 6.45) is 0.485. The highest BCUT2D eigenvalue weighted by atomic mass is 32.1. The standard InChI is InChI=1S/C51H62N8O10.H2S/c1-31-23-43(63)46(34-11-15-45(68-22-20-55)38(26-34)37-24-32(8-14-44(37)67-21-19-54)25-40(57-48(31)64)41(61)7-6-17-52)59(5)50(65)35(16-18-53)27-42(62)39-28-56-47(58-49(39)69-30-66-29-60)33-9-12-36(13-10-33)51(2,3)4;/h8-15,24,26,28-29,31,35,40,46H,6-7,16,18-23,25,27,30,53-55H2,1-5H3,(H,57,64);1H2/t31-,35-,40+,46+;/m1./s1. The summed E-state index contributed by atoms with van der Waals surface area (Å²) in [5.41, 5.74) is 21.3. The van der Waals surface area contributed by atoms with E-state index < -0.39 is 60.5 Å². The molecule has 3 aromatic carbocycles. The van der Waals surface area contributed by atoms with Crippen LogP contribution in [0, 0.1) is 23.2 Å². The Kier molecular flexibility index (Phi) is 21.0. The maximum Gasteiger partial charge on any atom is 0.295 e. The number of nitrogens with zero attached hydrogens (tertiary/aromatic N) is 4. The third kappa shape index (κ3) is 14.4. The van der Waals surface area contributed by atoms with E-state index in [4.69, 9.17) is 36.1 Å². The summed E-state index contributed by atoms with van der Waals surface area (Å²) < 4.78 is 22.7. The van der Waals surface area contributed by atoms with Crippen LogP contribution in [0.3, 0.4) is 0 Å². The van der Waals surface area contributed by atoms with Crippen molar-refractivity contribution in [3.05, 3.63) is 89.1 Å². The van der Waals surface area contributed by atoms with Crippen LogP contribution in [0.25, 0.3) is 22.5 Å². The lowest BCUT2D eigenvalue weighted by Crippen LogP contribution is -2.46. The van der Waals surface area contributed by atoms with E-state index in [0.717, 1.165) is 5.56 Å². The molecule has 0 saturated carbocycles. The van der Waals surface area contributed by atoms with Crippen molar-refractivity contribution < 1.29 is 47.7 Å². The molecule has 1 aliphatic rings. The number of hydrogen-bond acceptors (Lipinski definition) is 16. The van der Waals surface area contributed by atoms with E-state index in [2.05, 4.69) is 36.1 Å². The lowest BCUT2D eigenvalue weighted by Gasteiger charge is -2.32. The first-order chi connectivity index (χ1) is 33.0. The number of ether oxygens (including phenoxy) is 4. The van der Waals surface area contributed by atoms with Gasteiger partial charge in [0.1, 0.15) is 30.8 Å². The van der Waals surface area contributed by atoms with Crippen molar-refractivity contribution in [3.8, 4) is 46.0 Å². The van der Waals surface area contributed by atoms with E-state index in [1.165, 1.54) is 18.1 Å². The summed E-state index contributed by atoms with van der Waals surface area (Å²) in [6.45, 7) is 8.10. The minimum absolute atomic E-state index is 0. The van der Waals surface area contributed by atoms with Crippen molar-refractivity contribution in [2.75, 3.05) is 46.7 Å². The minimum atomic E-state index is -1.32. The molecule has 0 unspecified atom stereocenters. The second-order valence-corrected chi connectivity index (χ2v) is 17.8. The second-order valence-electron chi connectivity index (χ2n) is 17.8. The SMILES string of the molecule is C[C@@H]1CC(=O)[C@@H](N(C)C(=O)[C@H](CCN)CC(=O)c2cnc(-c3ccc(C(C)(C)C)cc3)nc2OCOC=O)c2ccc(OCCN)c(c2)-c2cc(ccc2OCCN)C[C@@H](C(=O)CCC#N)NC1=O.S. The van der Waals surface area contributed by atoms with Gasteiger partial charge in [-0.25, -0.2) is 4.98 Å². The number of carbonyl (C=O) groups is 6. The van der Waals surface area contributed by atoms with Crippen molar-refractivity contribution in [1.82, 2.24) is 20.2 Å². The van der Waals surface area contributed by atoms with Crippen LogP contribution in [-0.2, 0) is 40.5 Å². The van der Waals surface area contributed by atoms with Crippen molar-refractivity contribution in [2.45, 2.75) is 83.7 Å². The van der Waals surface area contributed by atoms with Gasteiger partial charge in [0, 0.05) is 80.5 Å². The molecule has 4 atom stereocenters. The van der Waals surface area contributed by atoms with Gasteiger partial charge in [-0.1, -0.05) is 64.1 Å². The fourth-order valence-electron chi connectivity index (χ4n) is 8.02. The molecule has 5 rings (SSSR count). The molecule has 2 heterocycles. The fourth-order valence-corrected chi connectivity index (χ4v) is 8.02. The number of hydrogen-bond donors (Lipinski definition) is 4. The van der Waals surface area contributed by atoms with Crippen LogP contribution >= 0.6 is 13.5 Å². The summed E-state index contributed by atoms with van der Waals surface area (Å²) >= 11 is 0. The second kappa shape index (κ2) is 26.3. The Labute approximate surface area is 415 Å². The number of carbonyl (C=O) groups excluding carboxylic acids is 6. The number of nitriles is 1. The number of nitrogens with one attached hydrogen (secondary N) is 1. The van der Waals surface area contributed by atoms with Crippen molar-refractivity contribution >= 4 is 49.1 Å². The largest absolute Gasteiger partial charge is 0.492 e. The van der Waals surface area contributed by atoms with Crippen LogP contribution < -0.4 is 36.7 Å². The zero-order valence-corrected chi connectivity index (χ0v) is 41.3. The number of amides is 2. The van der Waals surface area contributed by atoms with Crippen LogP contribution in [0.1, 0.15) is 92.9 Å². The number of ketones is 3. The number of likely N-dealkylation sites (N-methyl/N-ethyl adjacent to an activating group) is 1. The Hall–Kier alpha value is -6.72. The van der Waals surface area contributed by atoms with Gasteiger partial charge in [0.2, 0.25) is 24.5 Å². The highest BCUT2D eigenvalue weighted by Crippen LogP contribution is 2.41. The monoisotopic (exact) mass is 980 g/mol. The van der Waals surface area contributed by atoms with E-state index in [-0.39, 0.29) is 113 Å². The lowest BCUT2D eigenvalue weighted by atomic mass is 9.86. The maximum atomic E-state index is 14.9. The number of benzene rings is 3. The summed E-state index contributed by atoms with van der Waals surface area (Å²) in [6, 6.07) is 17.5. The van der Waals surface area contributed by atoms with Crippen LogP contribution in [0.4, 0.5) is 0 Å². The van der Waals surface area contributed by atoms with E-state index in [9.17, 15) is 34.0 Å². The quantitative estimate of drug-likeness (QED) is 0.0383. The van der Waals surface area contributed by atoms with Gasteiger partial charge in [0.15, 0.2) is 23.2 Å². The molecule has 0 radical (unpaired) electrons. The lowest BCUT2D eigenvalue weighted by molar-refractivity contribution is -0.142. The van der Waals surface area contributed by atoms with Crippen molar-refractivity contribution in [3.63, 3.8) is 0 Å². The topological polar surface area (TPSA) is 282 Å². The number of fused-ring (bicyclic) bond motifs is 5. The summed E-state index contributed by atoms with van der Waals surface area (Å²) in [5.74, 6) is -3.82. The molecule has 4 bridgehead atoms. The van der Waals surface area contributed by atoms with Crippen molar-refractivity contribution in [2.24, 2.45) is 29.0 Å². The molecule has 0 fully saturated rings. The summed E-state index contributed by atoms with van der Waals surface area (Å²) in [5, 5.41) is 12.1. The Morgan fingerprint density at radius 2 is 1.59 bits per heavy atom. The molecule has 1 aromatic heterocycles. The predicted octanol–water partition coefficient (Wildman–Crippen LogP) is 4.65. The molecule has 18 nitrogen and oxygen atoms in total. The highest BCUT2D eigenvalue weighted by molar-refractivity contribution is 7.59. The van der Waals surface area contributed by atoms with Gasteiger partial charge >= 0.3 is 0 Å². The Morgan fingerprint density at radius 1 is 0.929 bits per heavy atom. The molecule has 19 heteroatoms. The first-order valence-corrected chi connectivity index (χ1v) is 22.9. The van der Waals surface area contributed by atoms with Crippen LogP contribution in [0.2, 0.25) is 0 Å². The zero-order chi connectivity index (χ0) is 50.3. The first kappa shape index (κ1) is 55.9. The zero-order valence-electron chi connectivity index (χ0n) is 40.3. The van der Waals surface area contributed by atoms with E-state index in [1.54, 1.807) is 43.3 Å². The van der Waals surface area contributed by atoms with Gasteiger partial charge in [-0.2, -0.15) is 23.7 Å². The Balaban J connectivity index is 0.0000107. The van der Waals surface area contributed by atoms with Crippen molar-refractivity contribution in [1.29, 1.82) is 5.26 Å². The number of aromatic nitrogens is 2. The molecular weight excluding hydrogens is 917 g/mol. The Bertz CT molecular complexity index is 2530. The van der Waals surface area contributed by atoms with Gasteiger partial charge in [-0.15, -0.1) is 0 Å². The predicted molar refractivity (Wildman–Crippen MR) is 266 cm³/mol. The third-order valence-electron chi connectivity index (χ3n) is 11.7. The normalized spacial score (nSPS) is 16.2. The smallest absolute Gasteiger partial charge is 0.295 e. The molecule has 4 aromatic rings. The average molecular weight is 981 g/mol. The third-order valence-corrected chi connectivity index (χ3v) is 11.7. The van der Waals surface area contributed by atoms with E-state index >= 15 is 0 Å². The summed E-state index contributed by atoms with van der Waals surface area (Å²) in [4.78, 5) is 92.5. The van der Waals surface area contributed by atoms with Gasteiger partial charge in [0.25, 0.3) is 6.47 Å². The van der Waals surface area contributed by atoms with Gasteiger partial charge < -0.3 is 46.4 Å². The van der Waals surface area contributed by atoms with Gasteiger partial charge in [-0.05, 0) is 65.8 Å². The number of nitrogens with two attached hydrogens (primary N) is 3. The maximum absolute atomic E-state index is 14.9. The molecule has 7 N–H and O–H groups in total. The Morgan fingerprint density at radius 3 is 2.20 bits per heavy atom. The molecule has 0 saturated heterocycles. The average Bonchev–Trinajstić information content (AvgIpc) is 3.33. The molecule has 0 aliphatic carbocycles. The molecule has 0 spiro atoms. The number of Topliss-reactive ketones (excluding diaryl/α,β-unsaturated/α-hetero) is 3. The van der Waals surface area contributed by atoms with E-state index in [0.29, 0.717) is 39.3 Å². The van der Waals surface area contributed by atoms with Gasteiger partial charge in [0.05, 0.1) is 17.7 Å². The molecule has 70 heavy (non-hydrogen) atoms. The van der Waals surface area contributed by atoms with Crippen LogP contribution in [0.5, 0.6) is 17.4 Å². The highest BCUT2D eigenvalue weighted by Gasteiger charge is 2.37. The molecule has 1 aliphatic heterocycles. The molecule has 2 amide bonds. The van der Waals surface area contributed by atoms with Crippen LogP contribution in [0.15, 0.2) is 66.9 Å². The first-order valence-electron chi connectivity index (χ1n) is 22.9. The molecule has 374 valence electrons.